The van der Waals surface area contributed by atoms with Gasteiger partial charge in [-0.1, -0.05) is 13.8 Å². The molecule has 2 aliphatic rings. The minimum Gasteiger partial charge on any atom is -0.497 e. The fraction of sp³-hybridized carbons (Fsp3) is 0.386. The molecule has 312 valence electrons. The molecule has 2 fully saturated rings. The molecule has 0 unspecified atom stereocenters. The molecular formula is C44H47N7O9. The summed E-state index contributed by atoms with van der Waals surface area (Å²) >= 11 is 0. The van der Waals surface area contributed by atoms with E-state index in [2.05, 4.69) is 19.7 Å². The third-order valence-electron chi connectivity index (χ3n) is 11.2. The second-order valence-corrected chi connectivity index (χ2v) is 15.0. The first kappa shape index (κ1) is 40.4. The van der Waals surface area contributed by atoms with E-state index in [0.29, 0.717) is 139 Å². The molecule has 2 aromatic carbocycles. The monoisotopic (exact) mass is 817 g/mol. The molecule has 4 aromatic heterocycles. The van der Waals surface area contributed by atoms with Crippen LogP contribution in [0.1, 0.15) is 49.8 Å². The Labute approximate surface area is 345 Å². The number of hydrogen-bond donors (Lipinski definition) is 2. The number of anilines is 2. The third kappa shape index (κ3) is 8.38. The van der Waals surface area contributed by atoms with Gasteiger partial charge in [-0.25, -0.2) is 29.5 Å². The van der Waals surface area contributed by atoms with Crippen LogP contribution < -0.4 is 30.5 Å². The van der Waals surface area contributed by atoms with Crippen molar-refractivity contribution >= 4 is 39.4 Å². The molecule has 16 heteroatoms. The summed E-state index contributed by atoms with van der Waals surface area (Å²) in [5.74, 6) is 1.66. The van der Waals surface area contributed by atoms with Crippen molar-refractivity contribution in [1.29, 1.82) is 0 Å². The van der Waals surface area contributed by atoms with Crippen LogP contribution in [0.25, 0.3) is 44.7 Å². The molecule has 0 saturated carbocycles. The smallest absolute Gasteiger partial charge is 0.347 e. The average Bonchev–Trinajstić information content (AvgIpc) is 3.27. The molecule has 2 aliphatic heterocycles. The third-order valence-corrected chi connectivity index (χ3v) is 11.2. The largest absolute Gasteiger partial charge is 0.497 e. The van der Waals surface area contributed by atoms with E-state index in [0.717, 1.165) is 5.56 Å². The molecule has 0 amide bonds. The minimum absolute atomic E-state index is 0.0613. The second kappa shape index (κ2) is 17.5. The lowest BCUT2D eigenvalue weighted by Gasteiger charge is -2.35. The number of ether oxygens (including phenoxy) is 2. The molecule has 8 rings (SSSR count). The van der Waals surface area contributed by atoms with Gasteiger partial charge in [-0.15, -0.1) is 0 Å². The van der Waals surface area contributed by atoms with Crippen LogP contribution in [0.2, 0.25) is 0 Å². The van der Waals surface area contributed by atoms with Gasteiger partial charge in [0, 0.05) is 75.9 Å². The number of nitrogens with zero attached hydrogens (tertiary/aromatic N) is 7. The SMILES string of the molecule is CCc1cc(OCc2cnc(N3CCN(CCC(=O)O)CC3)c(-c3nc4cc(OC)cc(CC)c4c(=O)o3)c2)cc2nc(-c3cccnc3N3CCC(O)CC3)oc(=O)c12. The molecule has 6 heterocycles. The van der Waals surface area contributed by atoms with Gasteiger partial charge in [0.2, 0.25) is 11.8 Å². The highest BCUT2D eigenvalue weighted by Crippen LogP contribution is 2.34. The zero-order valence-electron chi connectivity index (χ0n) is 33.8. The first-order chi connectivity index (χ1) is 29.1. The van der Waals surface area contributed by atoms with Gasteiger partial charge in [0.15, 0.2) is 0 Å². The van der Waals surface area contributed by atoms with Crippen molar-refractivity contribution in [2.24, 2.45) is 0 Å². The Morgan fingerprint density at radius 1 is 0.800 bits per heavy atom. The van der Waals surface area contributed by atoms with Crippen LogP contribution >= 0.6 is 0 Å². The number of methoxy groups -OCH3 is 1. The predicted octanol–water partition coefficient (Wildman–Crippen LogP) is 5.08. The molecule has 2 saturated heterocycles. The molecule has 2 N–H and O–H groups in total. The number of piperidine rings is 1. The van der Waals surface area contributed by atoms with E-state index in [1.807, 2.05) is 38.1 Å². The summed E-state index contributed by atoms with van der Waals surface area (Å²) in [5, 5.41) is 20.0. The standard InChI is InChI=1S/C44H47N7O9/c1-4-27-20-30(57-3)22-34-37(27)44(56)60-42(48-34)33-19-26(24-46-40(33)51-17-15-49(16-18-51)12-10-36(53)54)25-58-31-21-28(5-2)38-35(23-31)47-41(59-43(38)55)32-7-6-11-45-39(32)50-13-8-29(52)9-14-50/h6-7,11,19-24,29,52H,4-5,8-10,12-18,25H2,1-3H3,(H,53,54). The number of aryl methyl sites for hydroxylation is 2. The molecule has 0 radical (unpaired) electrons. The van der Waals surface area contributed by atoms with Gasteiger partial charge in [-0.3, -0.25) is 9.69 Å². The fourth-order valence-electron chi connectivity index (χ4n) is 7.98. The van der Waals surface area contributed by atoms with Gasteiger partial charge in [0.05, 0.1) is 52.6 Å². The molecule has 0 atom stereocenters. The fourth-order valence-corrected chi connectivity index (χ4v) is 7.98. The first-order valence-corrected chi connectivity index (χ1v) is 20.3. The van der Waals surface area contributed by atoms with Gasteiger partial charge in [0.1, 0.15) is 29.7 Å². The number of piperazine rings is 1. The highest BCUT2D eigenvalue weighted by atomic mass is 16.5. The Kier molecular flexibility index (Phi) is 11.7. The lowest BCUT2D eigenvalue weighted by molar-refractivity contribution is -0.137. The number of hydrogen-bond acceptors (Lipinski definition) is 15. The van der Waals surface area contributed by atoms with Crippen molar-refractivity contribution in [2.45, 2.75) is 58.7 Å². The Morgan fingerprint density at radius 2 is 1.40 bits per heavy atom. The van der Waals surface area contributed by atoms with E-state index >= 15 is 0 Å². The predicted molar refractivity (Wildman–Crippen MR) is 225 cm³/mol. The van der Waals surface area contributed by atoms with E-state index < -0.39 is 17.2 Å². The number of aliphatic hydroxyl groups excluding tert-OH is 1. The van der Waals surface area contributed by atoms with Crippen molar-refractivity contribution in [3.63, 3.8) is 0 Å². The molecule has 16 nitrogen and oxygen atoms in total. The van der Waals surface area contributed by atoms with E-state index in [1.54, 1.807) is 37.7 Å². The maximum Gasteiger partial charge on any atom is 0.347 e. The van der Waals surface area contributed by atoms with E-state index in [-0.39, 0.29) is 30.9 Å². The number of aromatic nitrogens is 4. The van der Waals surface area contributed by atoms with Crippen LogP contribution in [-0.2, 0) is 24.2 Å². The van der Waals surface area contributed by atoms with Crippen molar-refractivity contribution in [3.05, 3.63) is 92.4 Å². The lowest BCUT2D eigenvalue weighted by atomic mass is 10.1. The van der Waals surface area contributed by atoms with Gasteiger partial charge < -0.3 is 38.3 Å². The quantitative estimate of drug-likeness (QED) is 0.156. The Balaban J connectivity index is 1.13. The van der Waals surface area contributed by atoms with E-state index in [4.69, 9.17) is 33.3 Å². The van der Waals surface area contributed by atoms with Crippen molar-refractivity contribution in [3.8, 4) is 34.4 Å². The van der Waals surface area contributed by atoms with Gasteiger partial charge in [-0.05, 0) is 67.1 Å². The van der Waals surface area contributed by atoms with Crippen molar-refractivity contribution in [1.82, 2.24) is 24.8 Å². The number of carboxylic acids is 1. The minimum atomic E-state index is -0.838. The lowest BCUT2D eigenvalue weighted by Crippen LogP contribution is -2.47. The zero-order valence-corrected chi connectivity index (χ0v) is 33.8. The van der Waals surface area contributed by atoms with Gasteiger partial charge in [0.25, 0.3) is 0 Å². The topological polar surface area (TPSA) is 198 Å². The van der Waals surface area contributed by atoms with Crippen LogP contribution in [0.3, 0.4) is 0 Å². The van der Waals surface area contributed by atoms with E-state index in [1.165, 1.54) is 0 Å². The summed E-state index contributed by atoms with van der Waals surface area (Å²) in [6, 6.07) is 12.5. The Morgan fingerprint density at radius 3 is 2.03 bits per heavy atom. The number of rotatable bonds is 13. The number of fused-ring (bicyclic) bond motifs is 2. The zero-order chi connectivity index (χ0) is 41.9. The summed E-state index contributed by atoms with van der Waals surface area (Å²) in [5.41, 5.74) is 3.06. The number of carboxylic acid groups (broad SMARTS) is 1. The number of carbonyl (C=O) groups is 1. The number of aliphatic hydroxyl groups is 1. The number of benzene rings is 2. The van der Waals surface area contributed by atoms with Crippen molar-refractivity contribution in [2.75, 3.05) is 62.7 Å². The normalized spacial score (nSPS) is 15.2. The summed E-state index contributed by atoms with van der Waals surface area (Å²) in [6.07, 6.45) is 5.43. The van der Waals surface area contributed by atoms with Crippen LogP contribution in [0.15, 0.2) is 73.3 Å². The van der Waals surface area contributed by atoms with E-state index in [9.17, 15) is 24.6 Å². The summed E-state index contributed by atoms with van der Waals surface area (Å²) < 4.78 is 23.7. The van der Waals surface area contributed by atoms with Crippen LogP contribution in [0.5, 0.6) is 11.5 Å². The van der Waals surface area contributed by atoms with Gasteiger partial charge in [-0.2, -0.15) is 0 Å². The van der Waals surface area contributed by atoms with Crippen LogP contribution in [0.4, 0.5) is 11.6 Å². The molecular weight excluding hydrogens is 771 g/mol. The highest BCUT2D eigenvalue weighted by Gasteiger charge is 2.26. The summed E-state index contributed by atoms with van der Waals surface area (Å²) in [4.78, 5) is 63.8. The molecule has 0 aliphatic carbocycles. The second-order valence-electron chi connectivity index (χ2n) is 15.0. The Bertz CT molecular complexity index is 2670. The highest BCUT2D eigenvalue weighted by molar-refractivity contribution is 5.86. The molecule has 0 spiro atoms. The van der Waals surface area contributed by atoms with Crippen LogP contribution in [0, 0.1) is 0 Å². The maximum absolute atomic E-state index is 13.6. The van der Waals surface area contributed by atoms with Gasteiger partial charge >= 0.3 is 17.2 Å². The molecule has 60 heavy (non-hydrogen) atoms. The summed E-state index contributed by atoms with van der Waals surface area (Å²) in [6.45, 7) is 8.05. The average molecular weight is 818 g/mol. The number of aliphatic carboxylic acids is 1. The van der Waals surface area contributed by atoms with Crippen molar-refractivity contribution < 1.29 is 33.3 Å². The number of pyridine rings is 2. The Hall–Kier alpha value is -6.39. The summed E-state index contributed by atoms with van der Waals surface area (Å²) in [7, 11) is 1.57. The maximum atomic E-state index is 13.6. The first-order valence-electron chi connectivity index (χ1n) is 20.3. The van der Waals surface area contributed by atoms with Crippen LogP contribution in [-0.4, -0.2) is 100 Å². The molecule has 0 bridgehead atoms. The molecule has 6 aromatic rings.